The molecule has 1 aliphatic rings. The largest absolute Gasteiger partial charge is 0.494 e. The lowest BCUT2D eigenvalue weighted by atomic mass is 9.86. The van der Waals surface area contributed by atoms with Crippen molar-refractivity contribution < 1.29 is 9.53 Å². The van der Waals surface area contributed by atoms with Crippen molar-refractivity contribution in [2.75, 3.05) is 19.7 Å². The highest BCUT2D eigenvalue weighted by atomic mass is 16.5. The van der Waals surface area contributed by atoms with E-state index >= 15 is 0 Å². The van der Waals surface area contributed by atoms with E-state index < -0.39 is 5.41 Å². The van der Waals surface area contributed by atoms with Crippen molar-refractivity contribution in [3.63, 3.8) is 0 Å². The van der Waals surface area contributed by atoms with Gasteiger partial charge in [-0.3, -0.25) is 9.69 Å². The quantitative estimate of drug-likeness (QED) is 0.607. The molecule has 0 saturated carbocycles. The summed E-state index contributed by atoms with van der Waals surface area (Å²) in [6.07, 6.45) is 3.58. The van der Waals surface area contributed by atoms with Crippen LogP contribution in [0, 0.1) is 16.7 Å². The van der Waals surface area contributed by atoms with E-state index in [0.717, 1.165) is 51.1 Å². The third kappa shape index (κ3) is 7.11. The molecule has 164 valence electrons. The van der Waals surface area contributed by atoms with Gasteiger partial charge in [0.1, 0.15) is 5.75 Å². The highest BCUT2D eigenvalue weighted by Crippen LogP contribution is 2.24. The number of carbonyl (C=O) groups is 1. The second-order valence-corrected chi connectivity index (χ2v) is 8.98. The van der Waals surface area contributed by atoms with E-state index in [2.05, 4.69) is 16.3 Å². The fourth-order valence-corrected chi connectivity index (χ4v) is 3.89. The minimum Gasteiger partial charge on any atom is -0.494 e. The Balaban J connectivity index is 1.36. The number of nitrogens with one attached hydrogen (secondary N) is 1. The number of piperidine rings is 1. The SMILES string of the molecule is CC(C)(CCCOc1ccccc1)C(=O)NC1CCN(Cc2ccc(C#N)cc2)CC1. The summed E-state index contributed by atoms with van der Waals surface area (Å²) in [4.78, 5) is 15.3. The third-order valence-electron chi connectivity index (χ3n) is 5.98. The van der Waals surface area contributed by atoms with Crippen molar-refractivity contribution in [1.82, 2.24) is 10.2 Å². The van der Waals surface area contributed by atoms with Gasteiger partial charge in [-0.05, 0) is 55.5 Å². The molecule has 0 spiro atoms. The Labute approximate surface area is 186 Å². The van der Waals surface area contributed by atoms with Crippen LogP contribution in [0.15, 0.2) is 54.6 Å². The summed E-state index contributed by atoms with van der Waals surface area (Å²) in [6.45, 7) is 7.48. The van der Waals surface area contributed by atoms with Gasteiger partial charge < -0.3 is 10.1 Å². The average molecular weight is 420 g/mol. The minimum absolute atomic E-state index is 0.137. The summed E-state index contributed by atoms with van der Waals surface area (Å²) in [5.41, 5.74) is 1.51. The van der Waals surface area contributed by atoms with Gasteiger partial charge in [-0.25, -0.2) is 0 Å². The Morgan fingerprint density at radius 3 is 2.45 bits per heavy atom. The number of benzene rings is 2. The van der Waals surface area contributed by atoms with Crippen molar-refractivity contribution in [3.05, 3.63) is 65.7 Å². The maximum Gasteiger partial charge on any atom is 0.225 e. The zero-order valence-corrected chi connectivity index (χ0v) is 18.6. The Kier molecular flexibility index (Phi) is 8.08. The number of para-hydroxylation sites is 1. The molecule has 1 heterocycles. The Morgan fingerprint density at radius 2 is 1.81 bits per heavy atom. The smallest absolute Gasteiger partial charge is 0.225 e. The van der Waals surface area contributed by atoms with E-state index in [1.807, 2.05) is 68.4 Å². The molecule has 2 aromatic rings. The van der Waals surface area contributed by atoms with Gasteiger partial charge in [0.25, 0.3) is 0 Å². The van der Waals surface area contributed by atoms with Gasteiger partial charge in [-0.15, -0.1) is 0 Å². The summed E-state index contributed by atoms with van der Waals surface area (Å²) in [6, 6.07) is 20.0. The van der Waals surface area contributed by atoms with E-state index in [0.29, 0.717) is 12.2 Å². The first kappa shape index (κ1) is 22.8. The highest BCUT2D eigenvalue weighted by Gasteiger charge is 2.30. The van der Waals surface area contributed by atoms with E-state index in [9.17, 15) is 4.79 Å². The van der Waals surface area contributed by atoms with E-state index in [4.69, 9.17) is 10.00 Å². The van der Waals surface area contributed by atoms with Crippen LogP contribution in [0.25, 0.3) is 0 Å². The molecule has 0 aliphatic carbocycles. The van der Waals surface area contributed by atoms with Gasteiger partial charge in [0.15, 0.2) is 0 Å². The van der Waals surface area contributed by atoms with Gasteiger partial charge in [-0.1, -0.05) is 44.2 Å². The van der Waals surface area contributed by atoms with Gasteiger partial charge in [0, 0.05) is 31.1 Å². The number of hydrogen-bond acceptors (Lipinski definition) is 4. The first-order valence-corrected chi connectivity index (χ1v) is 11.2. The zero-order valence-electron chi connectivity index (χ0n) is 18.6. The van der Waals surface area contributed by atoms with Gasteiger partial charge in [0.2, 0.25) is 5.91 Å². The summed E-state index contributed by atoms with van der Waals surface area (Å²) < 4.78 is 5.75. The molecule has 1 aliphatic heterocycles. The molecule has 31 heavy (non-hydrogen) atoms. The normalized spacial score (nSPS) is 15.3. The third-order valence-corrected chi connectivity index (χ3v) is 5.98. The first-order valence-electron chi connectivity index (χ1n) is 11.2. The molecular formula is C26H33N3O2. The molecule has 0 radical (unpaired) electrons. The number of nitriles is 1. The van der Waals surface area contributed by atoms with Crippen LogP contribution in [0.3, 0.4) is 0 Å². The maximum absolute atomic E-state index is 12.8. The lowest BCUT2D eigenvalue weighted by molar-refractivity contribution is -0.130. The summed E-state index contributed by atoms with van der Waals surface area (Å²) in [7, 11) is 0. The van der Waals surface area contributed by atoms with Gasteiger partial charge in [0.05, 0.1) is 18.2 Å². The van der Waals surface area contributed by atoms with Gasteiger partial charge in [-0.2, -0.15) is 5.26 Å². The van der Waals surface area contributed by atoms with Crippen molar-refractivity contribution >= 4 is 5.91 Å². The highest BCUT2D eigenvalue weighted by molar-refractivity contribution is 5.82. The molecule has 1 N–H and O–H groups in total. The fraction of sp³-hybridized carbons (Fsp3) is 0.462. The van der Waals surface area contributed by atoms with E-state index in [1.54, 1.807) is 0 Å². The molecule has 0 bridgehead atoms. The van der Waals surface area contributed by atoms with Crippen molar-refractivity contribution in [3.8, 4) is 11.8 Å². The van der Waals surface area contributed by atoms with Gasteiger partial charge >= 0.3 is 0 Å². The van der Waals surface area contributed by atoms with Crippen LogP contribution in [-0.2, 0) is 11.3 Å². The monoisotopic (exact) mass is 419 g/mol. The topological polar surface area (TPSA) is 65.4 Å². The van der Waals surface area contributed by atoms with E-state index in [-0.39, 0.29) is 11.9 Å². The Hall–Kier alpha value is -2.84. The van der Waals surface area contributed by atoms with E-state index in [1.165, 1.54) is 5.56 Å². The molecule has 0 aromatic heterocycles. The molecule has 5 heteroatoms. The number of rotatable bonds is 9. The molecule has 0 atom stereocenters. The van der Waals surface area contributed by atoms with Crippen molar-refractivity contribution in [2.24, 2.45) is 5.41 Å². The lowest BCUT2D eigenvalue weighted by Gasteiger charge is -2.34. The van der Waals surface area contributed by atoms with Crippen LogP contribution in [0.5, 0.6) is 5.75 Å². The molecule has 1 amide bonds. The van der Waals surface area contributed by atoms with Crippen LogP contribution in [0.1, 0.15) is 50.7 Å². The second kappa shape index (κ2) is 11.0. The number of hydrogen-bond donors (Lipinski definition) is 1. The first-order chi connectivity index (χ1) is 15.0. The van der Waals surface area contributed by atoms with Crippen molar-refractivity contribution in [2.45, 2.75) is 52.1 Å². The molecule has 5 nitrogen and oxygen atoms in total. The summed E-state index contributed by atoms with van der Waals surface area (Å²) in [5, 5.41) is 12.2. The van der Waals surface area contributed by atoms with Crippen LogP contribution in [0.4, 0.5) is 0 Å². The number of nitrogens with zero attached hydrogens (tertiary/aromatic N) is 2. The summed E-state index contributed by atoms with van der Waals surface area (Å²) in [5.74, 6) is 1.01. The molecule has 1 fully saturated rings. The van der Waals surface area contributed by atoms with Crippen LogP contribution in [-0.4, -0.2) is 36.5 Å². The molecule has 0 unspecified atom stereocenters. The Morgan fingerprint density at radius 1 is 1.13 bits per heavy atom. The molecule has 2 aromatic carbocycles. The Bertz CT molecular complexity index is 864. The van der Waals surface area contributed by atoms with Crippen LogP contribution < -0.4 is 10.1 Å². The number of carbonyl (C=O) groups excluding carboxylic acids is 1. The van der Waals surface area contributed by atoms with Crippen molar-refractivity contribution in [1.29, 1.82) is 5.26 Å². The summed E-state index contributed by atoms with van der Waals surface area (Å²) >= 11 is 0. The number of ether oxygens (including phenoxy) is 1. The number of likely N-dealkylation sites (tertiary alicyclic amines) is 1. The number of amides is 1. The lowest BCUT2D eigenvalue weighted by Crippen LogP contribution is -2.48. The zero-order chi connectivity index (χ0) is 22.1. The fourth-order valence-electron chi connectivity index (χ4n) is 3.89. The average Bonchev–Trinajstić information content (AvgIpc) is 2.79. The predicted molar refractivity (Wildman–Crippen MR) is 123 cm³/mol. The van der Waals surface area contributed by atoms with Crippen LogP contribution in [0.2, 0.25) is 0 Å². The molecule has 3 rings (SSSR count). The molecular weight excluding hydrogens is 386 g/mol. The maximum atomic E-state index is 12.8. The molecule has 1 saturated heterocycles. The predicted octanol–water partition coefficient (Wildman–Crippen LogP) is 4.52. The second-order valence-electron chi connectivity index (χ2n) is 8.98. The van der Waals surface area contributed by atoms with Crippen LogP contribution >= 0.6 is 0 Å². The minimum atomic E-state index is -0.403. The standard InChI is InChI=1S/C26H33N3O2/c1-26(2,15-6-18-31-24-7-4-3-5-8-24)25(30)28-23-13-16-29(17-14-23)20-22-11-9-21(19-27)10-12-22/h3-5,7-12,23H,6,13-18,20H2,1-2H3,(H,28,30).